The molecule has 1 N–H and O–H groups in total. The van der Waals surface area contributed by atoms with Crippen LogP contribution in [-0.4, -0.2) is 39.4 Å². The van der Waals surface area contributed by atoms with Crippen LogP contribution in [0.1, 0.15) is 62.8 Å². The molecule has 8 heteroatoms. The SMILES string of the molecule is CCCc1nnc(NC(=O)c2ccc3c(c2)C(=O)N(CCC)C3=O)s1. The fourth-order valence-corrected chi connectivity index (χ4v) is 3.48. The highest BCUT2D eigenvalue weighted by Gasteiger charge is 2.35. The summed E-state index contributed by atoms with van der Waals surface area (Å²) < 4.78 is 0. The zero-order valence-electron chi connectivity index (χ0n) is 14.0. The number of rotatable bonds is 6. The van der Waals surface area contributed by atoms with Gasteiger partial charge in [0, 0.05) is 18.5 Å². The fraction of sp³-hybridized carbons (Fsp3) is 0.353. The second-order valence-corrected chi connectivity index (χ2v) is 6.79. The number of nitrogens with zero attached hydrogens (tertiary/aromatic N) is 3. The number of aryl methyl sites for hydroxylation is 1. The van der Waals surface area contributed by atoms with Crippen LogP contribution in [0.5, 0.6) is 0 Å². The van der Waals surface area contributed by atoms with Crippen LogP contribution in [0.4, 0.5) is 5.13 Å². The van der Waals surface area contributed by atoms with Gasteiger partial charge in [0.25, 0.3) is 17.7 Å². The lowest BCUT2D eigenvalue weighted by Crippen LogP contribution is -2.30. The van der Waals surface area contributed by atoms with E-state index in [1.54, 1.807) is 6.07 Å². The van der Waals surface area contributed by atoms with Gasteiger partial charge in [0.1, 0.15) is 5.01 Å². The number of anilines is 1. The largest absolute Gasteiger partial charge is 0.296 e. The first-order chi connectivity index (χ1) is 12.0. The molecule has 3 amide bonds. The summed E-state index contributed by atoms with van der Waals surface area (Å²) in [7, 11) is 0. The van der Waals surface area contributed by atoms with Gasteiger partial charge in [-0.05, 0) is 31.0 Å². The summed E-state index contributed by atoms with van der Waals surface area (Å²) in [6, 6.07) is 4.54. The molecule has 0 spiro atoms. The molecular weight excluding hydrogens is 340 g/mol. The topological polar surface area (TPSA) is 92.3 Å². The normalized spacial score (nSPS) is 13.3. The van der Waals surface area contributed by atoms with Gasteiger partial charge in [-0.1, -0.05) is 25.2 Å². The molecule has 0 saturated heterocycles. The van der Waals surface area contributed by atoms with Crippen molar-refractivity contribution in [2.45, 2.75) is 33.1 Å². The van der Waals surface area contributed by atoms with Crippen LogP contribution >= 0.6 is 11.3 Å². The van der Waals surface area contributed by atoms with E-state index >= 15 is 0 Å². The quantitative estimate of drug-likeness (QED) is 0.802. The number of nitrogens with one attached hydrogen (secondary N) is 1. The minimum absolute atomic E-state index is 0.273. The Balaban J connectivity index is 1.79. The molecule has 2 heterocycles. The van der Waals surface area contributed by atoms with Crippen LogP contribution in [0.25, 0.3) is 0 Å². The van der Waals surface area contributed by atoms with Gasteiger partial charge in [0.2, 0.25) is 5.13 Å². The van der Waals surface area contributed by atoms with Crippen molar-refractivity contribution in [2.24, 2.45) is 0 Å². The van der Waals surface area contributed by atoms with Gasteiger partial charge in [-0.3, -0.25) is 24.6 Å². The van der Waals surface area contributed by atoms with E-state index in [0.29, 0.717) is 29.2 Å². The molecule has 0 aliphatic carbocycles. The van der Waals surface area contributed by atoms with E-state index < -0.39 is 0 Å². The number of aromatic nitrogens is 2. The zero-order valence-corrected chi connectivity index (χ0v) is 14.9. The lowest BCUT2D eigenvalue weighted by Gasteiger charge is -2.11. The lowest BCUT2D eigenvalue weighted by molar-refractivity contribution is 0.0654. The summed E-state index contributed by atoms with van der Waals surface area (Å²) in [5.41, 5.74) is 0.927. The maximum Gasteiger partial charge on any atom is 0.261 e. The molecule has 7 nitrogen and oxygen atoms in total. The van der Waals surface area contributed by atoms with Crippen LogP contribution in [0.3, 0.4) is 0 Å². The second kappa shape index (κ2) is 7.10. The summed E-state index contributed by atoms with van der Waals surface area (Å²) in [4.78, 5) is 38.2. The Morgan fingerprint density at radius 2 is 1.88 bits per heavy atom. The van der Waals surface area contributed by atoms with E-state index in [1.807, 2.05) is 13.8 Å². The maximum absolute atomic E-state index is 12.4. The van der Waals surface area contributed by atoms with Crippen molar-refractivity contribution in [2.75, 3.05) is 11.9 Å². The number of amides is 3. The molecule has 3 rings (SSSR count). The number of benzene rings is 1. The van der Waals surface area contributed by atoms with E-state index in [4.69, 9.17) is 0 Å². The first-order valence-electron chi connectivity index (χ1n) is 8.19. The van der Waals surface area contributed by atoms with Gasteiger partial charge in [-0.15, -0.1) is 10.2 Å². The molecule has 0 saturated carbocycles. The Hall–Kier alpha value is -2.61. The first kappa shape index (κ1) is 17.2. The Morgan fingerprint density at radius 3 is 2.60 bits per heavy atom. The van der Waals surface area contributed by atoms with Crippen molar-refractivity contribution in [3.05, 3.63) is 39.9 Å². The highest BCUT2D eigenvalue weighted by Crippen LogP contribution is 2.25. The Bertz CT molecular complexity index is 846. The number of carbonyl (C=O) groups is 3. The van der Waals surface area contributed by atoms with Gasteiger partial charge >= 0.3 is 0 Å². The fourth-order valence-electron chi connectivity index (χ4n) is 2.65. The molecule has 130 valence electrons. The summed E-state index contributed by atoms with van der Waals surface area (Å²) in [5.74, 6) is -1.03. The van der Waals surface area contributed by atoms with Crippen LogP contribution in [0.15, 0.2) is 18.2 Å². The molecule has 0 bridgehead atoms. The number of hydrogen-bond donors (Lipinski definition) is 1. The Kier molecular flexibility index (Phi) is 4.89. The summed E-state index contributed by atoms with van der Waals surface area (Å²) in [5, 5.41) is 11.9. The summed E-state index contributed by atoms with van der Waals surface area (Å²) >= 11 is 1.33. The molecule has 0 fully saturated rings. The number of hydrogen-bond acceptors (Lipinski definition) is 6. The zero-order chi connectivity index (χ0) is 18.0. The third kappa shape index (κ3) is 3.30. The van der Waals surface area contributed by atoms with Crippen molar-refractivity contribution in [3.8, 4) is 0 Å². The predicted molar refractivity (Wildman–Crippen MR) is 94.0 cm³/mol. The number of fused-ring (bicyclic) bond motifs is 1. The molecule has 1 aliphatic heterocycles. The average Bonchev–Trinajstić information content (AvgIpc) is 3.13. The van der Waals surface area contributed by atoms with Gasteiger partial charge in [0.15, 0.2) is 0 Å². The first-order valence-corrected chi connectivity index (χ1v) is 9.00. The van der Waals surface area contributed by atoms with Crippen LogP contribution in [0.2, 0.25) is 0 Å². The van der Waals surface area contributed by atoms with Crippen molar-refractivity contribution >= 4 is 34.2 Å². The molecule has 0 atom stereocenters. The third-order valence-electron chi connectivity index (χ3n) is 3.83. The number of imide groups is 1. The summed E-state index contributed by atoms with van der Waals surface area (Å²) in [6.07, 6.45) is 2.46. The lowest BCUT2D eigenvalue weighted by atomic mass is 10.1. The van der Waals surface area contributed by atoms with Crippen molar-refractivity contribution in [1.29, 1.82) is 0 Å². The van der Waals surface area contributed by atoms with Gasteiger partial charge in [-0.25, -0.2) is 0 Å². The average molecular weight is 358 g/mol. The minimum atomic E-state index is -0.379. The van der Waals surface area contributed by atoms with E-state index in [-0.39, 0.29) is 23.3 Å². The van der Waals surface area contributed by atoms with Crippen molar-refractivity contribution < 1.29 is 14.4 Å². The van der Waals surface area contributed by atoms with Gasteiger partial charge in [0.05, 0.1) is 11.1 Å². The van der Waals surface area contributed by atoms with Crippen LogP contribution < -0.4 is 5.32 Å². The molecule has 1 aliphatic rings. The molecular formula is C17H18N4O3S. The molecule has 25 heavy (non-hydrogen) atoms. The predicted octanol–water partition coefficient (Wildman–Crippen LogP) is 2.75. The highest BCUT2D eigenvalue weighted by molar-refractivity contribution is 7.15. The maximum atomic E-state index is 12.4. The monoisotopic (exact) mass is 358 g/mol. The van der Waals surface area contributed by atoms with E-state index in [0.717, 1.165) is 17.8 Å². The van der Waals surface area contributed by atoms with Crippen LogP contribution in [-0.2, 0) is 6.42 Å². The molecule has 1 aromatic heterocycles. The standard InChI is InChI=1S/C17H18N4O3S/c1-3-5-13-19-20-17(25-13)18-14(22)10-6-7-11-12(9-10)16(24)21(8-4-2)15(11)23/h6-7,9H,3-5,8H2,1-2H3,(H,18,20,22). The minimum Gasteiger partial charge on any atom is -0.296 e. The van der Waals surface area contributed by atoms with Crippen LogP contribution in [0, 0.1) is 0 Å². The molecule has 1 aromatic carbocycles. The molecule has 0 unspecified atom stereocenters. The number of carbonyl (C=O) groups excluding carboxylic acids is 3. The third-order valence-corrected chi connectivity index (χ3v) is 4.73. The summed E-state index contributed by atoms with van der Waals surface area (Å²) in [6.45, 7) is 4.32. The van der Waals surface area contributed by atoms with E-state index in [1.165, 1.54) is 28.4 Å². The highest BCUT2D eigenvalue weighted by atomic mass is 32.1. The van der Waals surface area contributed by atoms with E-state index in [2.05, 4.69) is 15.5 Å². The molecule has 0 radical (unpaired) electrons. The van der Waals surface area contributed by atoms with Crippen molar-refractivity contribution in [3.63, 3.8) is 0 Å². The Morgan fingerprint density at radius 1 is 1.12 bits per heavy atom. The van der Waals surface area contributed by atoms with Gasteiger partial charge < -0.3 is 0 Å². The Labute approximate surface area is 149 Å². The van der Waals surface area contributed by atoms with E-state index in [9.17, 15) is 14.4 Å². The second-order valence-electron chi connectivity index (χ2n) is 5.73. The smallest absolute Gasteiger partial charge is 0.261 e. The van der Waals surface area contributed by atoms with Crippen molar-refractivity contribution in [1.82, 2.24) is 15.1 Å². The van der Waals surface area contributed by atoms with Gasteiger partial charge in [-0.2, -0.15) is 0 Å². The molecule has 2 aromatic rings.